The Morgan fingerprint density at radius 3 is 2.29 bits per heavy atom. The molecule has 2 rings (SSSR count). The van der Waals surface area contributed by atoms with E-state index >= 15 is 0 Å². The van der Waals surface area contributed by atoms with E-state index in [0.717, 1.165) is 11.3 Å². The second kappa shape index (κ2) is 6.23. The molecule has 7 nitrogen and oxygen atoms in total. The number of ether oxygens (including phenoxy) is 2. The van der Waals surface area contributed by atoms with Gasteiger partial charge >= 0.3 is 0 Å². The van der Waals surface area contributed by atoms with Crippen molar-refractivity contribution in [3.8, 4) is 11.5 Å². The maximum Gasteiger partial charge on any atom is 0.268 e. The van der Waals surface area contributed by atoms with Crippen molar-refractivity contribution in [2.75, 3.05) is 19.5 Å². The average molecular weight is 307 g/mol. The van der Waals surface area contributed by atoms with Crippen LogP contribution in [0.5, 0.6) is 11.5 Å². The second-order valence-electron chi connectivity index (χ2n) is 3.96. The van der Waals surface area contributed by atoms with E-state index in [9.17, 15) is 9.59 Å². The van der Waals surface area contributed by atoms with Gasteiger partial charge in [-0.3, -0.25) is 14.9 Å². The number of aromatic nitrogens is 1. The van der Waals surface area contributed by atoms with Crippen molar-refractivity contribution in [3.63, 3.8) is 0 Å². The summed E-state index contributed by atoms with van der Waals surface area (Å²) < 4.78 is 10.2. The first-order valence-electron chi connectivity index (χ1n) is 5.83. The van der Waals surface area contributed by atoms with Crippen LogP contribution in [0.3, 0.4) is 0 Å². The Bertz CT molecular complexity index is 662. The summed E-state index contributed by atoms with van der Waals surface area (Å²) in [5.41, 5.74) is 5.56. The summed E-state index contributed by atoms with van der Waals surface area (Å²) in [6, 6.07) is 4.80. The van der Waals surface area contributed by atoms with Gasteiger partial charge in [0.25, 0.3) is 11.8 Å². The van der Waals surface area contributed by atoms with E-state index in [1.807, 2.05) is 0 Å². The van der Waals surface area contributed by atoms with Crippen molar-refractivity contribution in [2.45, 2.75) is 0 Å². The van der Waals surface area contributed by atoms with Gasteiger partial charge in [-0.25, -0.2) is 4.98 Å². The number of carbonyl (C=O) groups is 2. The molecule has 8 heteroatoms. The molecule has 0 saturated heterocycles. The summed E-state index contributed by atoms with van der Waals surface area (Å²) in [4.78, 5) is 27.0. The Labute approximate surface area is 124 Å². The standard InChI is InChI=1S/C13H13N3O4S/c1-19-8-3-7(4-9(5-8)20-2)12(18)16-13-15-10(6-21-13)11(14)17/h3-6H,1-2H3,(H2,14,17)(H,15,16,18). The smallest absolute Gasteiger partial charge is 0.268 e. The average Bonchev–Trinajstić information content (AvgIpc) is 2.95. The molecule has 0 saturated carbocycles. The predicted molar refractivity (Wildman–Crippen MR) is 78.1 cm³/mol. The number of amides is 2. The third-order valence-corrected chi connectivity index (χ3v) is 3.35. The van der Waals surface area contributed by atoms with Crippen LogP contribution in [0, 0.1) is 0 Å². The van der Waals surface area contributed by atoms with Crippen molar-refractivity contribution >= 4 is 28.3 Å². The van der Waals surface area contributed by atoms with Gasteiger partial charge in [-0.2, -0.15) is 0 Å². The maximum atomic E-state index is 12.2. The molecular weight excluding hydrogens is 294 g/mol. The number of carbonyl (C=O) groups excluding carboxylic acids is 2. The van der Waals surface area contributed by atoms with Crippen molar-refractivity contribution in [3.05, 3.63) is 34.8 Å². The summed E-state index contributed by atoms with van der Waals surface area (Å²) in [6.45, 7) is 0. The molecule has 0 fully saturated rings. The maximum absolute atomic E-state index is 12.2. The minimum atomic E-state index is -0.644. The van der Waals surface area contributed by atoms with Gasteiger partial charge in [0.05, 0.1) is 14.2 Å². The lowest BCUT2D eigenvalue weighted by Crippen LogP contribution is -2.14. The van der Waals surface area contributed by atoms with E-state index in [2.05, 4.69) is 10.3 Å². The molecule has 0 aliphatic rings. The van der Waals surface area contributed by atoms with Gasteiger partial charge in [-0.05, 0) is 12.1 Å². The molecule has 21 heavy (non-hydrogen) atoms. The number of hydrogen-bond donors (Lipinski definition) is 2. The fourth-order valence-corrected chi connectivity index (χ4v) is 2.25. The van der Waals surface area contributed by atoms with E-state index in [-0.39, 0.29) is 10.8 Å². The number of methoxy groups -OCH3 is 2. The van der Waals surface area contributed by atoms with Crippen LogP contribution in [0.1, 0.15) is 20.8 Å². The molecule has 0 aliphatic heterocycles. The zero-order valence-electron chi connectivity index (χ0n) is 11.4. The van der Waals surface area contributed by atoms with Crippen LogP contribution in [0.25, 0.3) is 0 Å². The quantitative estimate of drug-likeness (QED) is 0.871. The Morgan fingerprint density at radius 2 is 1.81 bits per heavy atom. The van der Waals surface area contributed by atoms with E-state index in [4.69, 9.17) is 15.2 Å². The highest BCUT2D eigenvalue weighted by Gasteiger charge is 2.13. The second-order valence-corrected chi connectivity index (χ2v) is 4.82. The Hall–Kier alpha value is -2.61. The van der Waals surface area contributed by atoms with Crippen molar-refractivity contribution in [1.29, 1.82) is 0 Å². The number of primary amides is 1. The van der Waals surface area contributed by atoms with Gasteiger partial charge in [-0.15, -0.1) is 11.3 Å². The van der Waals surface area contributed by atoms with Gasteiger partial charge in [0.15, 0.2) is 5.13 Å². The molecule has 0 aliphatic carbocycles. The fraction of sp³-hybridized carbons (Fsp3) is 0.154. The molecule has 3 N–H and O–H groups in total. The SMILES string of the molecule is COc1cc(OC)cc(C(=O)Nc2nc(C(N)=O)cs2)c1. The Balaban J connectivity index is 2.21. The highest BCUT2D eigenvalue weighted by atomic mass is 32.1. The third-order valence-electron chi connectivity index (χ3n) is 2.59. The zero-order valence-corrected chi connectivity index (χ0v) is 12.2. The number of nitrogens with one attached hydrogen (secondary N) is 1. The summed E-state index contributed by atoms with van der Waals surface area (Å²) in [5.74, 6) is -0.0414. The number of thiazole rings is 1. The van der Waals surface area contributed by atoms with Crippen LogP contribution < -0.4 is 20.5 Å². The van der Waals surface area contributed by atoms with Gasteiger partial charge < -0.3 is 15.2 Å². The summed E-state index contributed by atoms with van der Waals surface area (Å²) in [6.07, 6.45) is 0. The van der Waals surface area contributed by atoms with Crippen molar-refractivity contribution < 1.29 is 19.1 Å². The molecule has 1 heterocycles. The first-order valence-corrected chi connectivity index (χ1v) is 6.71. The lowest BCUT2D eigenvalue weighted by Gasteiger charge is -2.07. The lowest BCUT2D eigenvalue weighted by atomic mass is 10.2. The monoisotopic (exact) mass is 307 g/mol. The molecule has 0 unspecified atom stereocenters. The van der Waals surface area contributed by atoms with Crippen LogP contribution in [0.4, 0.5) is 5.13 Å². The van der Waals surface area contributed by atoms with Crippen molar-refractivity contribution in [2.24, 2.45) is 5.73 Å². The number of rotatable bonds is 5. The first-order chi connectivity index (χ1) is 10.0. The molecule has 1 aromatic carbocycles. The molecule has 2 aromatic rings. The van der Waals surface area contributed by atoms with Crippen LogP contribution >= 0.6 is 11.3 Å². The molecule has 0 atom stereocenters. The number of benzene rings is 1. The molecule has 2 amide bonds. The van der Waals surface area contributed by atoms with Gasteiger partial charge in [-0.1, -0.05) is 0 Å². The Morgan fingerprint density at radius 1 is 1.19 bits per heavy atom. The molecule has 0 bridgehead atoms. The Kier molecular flexibility index (Phi) is 4.39. The van der Waals surface area contributed by atoms with Gasteiger partial charge in [0.1, 0.15) is 17.2 Å². The lowest BCUT2D eigenvalue weighted by molar-refractivity contribution is 0.0992. The summed E-state index contributed by atoms with van der Waals surface area (Å²) in [5, 5.41) is 4.35. The minimum Gasteiger partial charge on any atom is -0.497 e. The first kappa shape index (κ1) is 14.8. The van der Waals surface area contributed by atoms with E-state index < -0.39 is 11.8 Å². The normalized spacial score (nSPS) is 10.0. The fourth-order valence-electron chi connectivity index (χ4n) is 1.55. The molecular formula is C13H13N3O4S. The molecule has 110 valence electrons. The molecule has 0 spiro atoms. The highest BCUT2D eigenvalue weighted by molar-refractivity contribution is 7.14. The van der Waals surface area contributed by atoms with E-state index in [1.54, 1.807) is 18.2 Å². The number of nitrogens with two attached hydrogens (primary N) is 1. The van der Waals surface area contributed by atoms with Crippen LogP contribution in [0.2, 0.25) is 0 Å². The number of anilines is 1. The molecule has 0 radical (unpaired) electrons. The number of hydrogen-bond acceptors (Lipinski definition) is 6. The van der Waals surface area contributed by atoms with Crippen LogP contribution in [0.15, 0.2) is 23.6 Å². The van der Waals surface area contributed by atoms with Crippen molar-refractivity contribution in [1.82, 2.24) is 4.98 Å². The largest absolute Gasteiger partial charge is 0.497 e. The van der Waals surface area contributed by atoms with Crippen LogP contribution in [-0.2, 0) is 0 Å². The summed E-state index contributed by atoms with van der Waals surface area (Å²) >= 11 is 1.11. The predicted octanol–water partition coefficient (Wildman–Crippen LogP) is 1.51. The van der Waals surface area contributed by atoms with Gasteiger partial charge in [0.2, 0.25) is 0 Å². The number of nitrogens with zero attached hydrogens (tertiary/aromatic N) is 1. The third kappa shape index (κ3) is 3.48. The van der Waals surface area contributed by atoms with Gasteiger partial charge in [0, 0.05) is 17.0 Å². The highest BCUT2D eigenvalue weighted by Crippen LogP contribution is 2.23. The molecule has 1 aromatic heterocycles. The topological polar surface area (TPSA) is 104 Å². The minimum absolute atomic E-state index is 0.110. The summed E-state index contributed by atoms with van der Waals surface area (Å²) in [7, 11) is 2.99. The van der Waals surface area contributed by atoms with Crippen LogP contribution in [-0.4, -0.2) is 31.0 Å². The van der Waals surface area contributed by atoms with E-state index in [1.165, 1.54) is 19.6 Å². The van der Waals surface area contributed by atoms with E-state index in [0.29, 0.717) is 17.1 Å². The zero-order chi connectivity index (χ0) is 15.4.